The smallest absolute Gasteiger partial charge is 0.167 e. The van der Waals surface area contributed by atoms with Crippen LogP contribution in [0.3, 0.4) is 0 Å². The van der Waals surface area contributed by atoms with E-state index in [4.69, 9.17) is 9.26 Å². The Hall–Kier alpha value is -2.54. The number of hydrogen-bond donors (Lipinski definition) is 2. The number of nitrogens with one attached hydrogen (secondary N) is 1. The van der Waals surface area contributed by atoms with Crippen molar-refractivity contribution in [2.75, 3.05) is 6.54 Å². The van der Waals surface area contributed by atoms with Gasteiger partial charge in [-0.15, -0.1) is 0 Å². The highest BCUT2D eigenvalue weighted by Crippen LogP contribution is 2.25. The molecule has 146 valence electrons. The Labute approximate surface area is 164 Å². The van der Waals surface area contributed by atoms with Crippen molar-refractivity contribution >= 4 is 0 Å². The zero-order valence-electron chi connectivity index (χ0n) is 15.7. The first-order valence-corrected chi connectivity index (χ1v) is 9.72. The fraction of sp³-hybridized carbons (Fsp3) is 0.364. The minimum atomic E-state index is -0.449. The van der Waals surface area contributed by atoms with Crippen LogP contribution in [0.25, 0.3) is 11.3 Å². The van der Waals surface area contributed by atoms with Crippen LogP contribution in [-0.2, 0) is 17.7 Å². The van der Waals surface area contributed by atoms with Gasteiger partial charge in [0.1, 0.15) is 0 Å². The van der Waals surface area contributed by atoms with E-state index in [-0.39, 0.29) is 12.2 Å². The lowest BCUT2D eigenvalue weighted by atomic mass is 9.98. The average Bonchev–Trinajstić information content (AvgIpc) is 3.20. The second-order valence-electron chi connectivity index (χ2n) is 7.19. The van der Waals surface area contributed by atoms with Crippen molar-refractivity contribution in [3.63, 3.8) is 0 Å². The van der Waals surface area contributed by atoms with Crippen molar-refractivity contribution in [1.82, 2.24) is 15.5 Å². The average molecular weight is 379 g/mol. The Morgan fingerprint density at radius 3 is 2.82 bits per heavy atom. The fourth-order valence-electron chi connectivity index (χ4n) is 3.52. The zero-order valence-corrected chi connectivity index (χ0v) is 15.7. The van der Waals surface area contributed by atoms with E-state index in [1.165, 1.54) is 0 Å². The molecule has 1 aliphatic rings. The van der Waals surface area contributed by atoms with Gasteiger partial charge in [0.25, 0.3) is 0 Å². The largest absolute Gasteiger partial charge is 0.390 e. The molecule has 0 radical (unpaired) electrons. The molecule has 0 bridgehead atoms. The number of aliphatic hydroxyl groups excluding tert-OH is 1. The number of rotatable bonds is 7. The molecule has 0 aliphatic carbocycles. The third-order valence-corrected chi connectivity index (χ3v) is 5.03. The molecule has 1 aliphatic heterocycles. The quantitative estimate of drug-likeness (QED) is 0.657. The van der Waals surface area contributed by atoms with Gasteiger partial charge in [0.2, 0.25) is 0 Å². The van der Waals surface area contributed by atoms with E-state index < -0.39 is 6.10 Å². The molecule has 3 atom stereocenters. The third kappa shape index (κ3) is 4.84. The highest BCUT2D eigenvalue weighted by atomic mass is 16.5. The van der Waals surface area contributed by atoms with E-state index in [2.05, 4.69) is 15.5 Å². The van der Waals surface area contributed by atoms with E-state index in [9.17, 15) is 5.11 Å². The Morgan fingerprint density at radius 1 is 1.11 bits per heavy atom. The summed E-state index contributed by atoms with van der Waals surface area (Å²) in [6.07, 6.45) is 5.18. The number of pyridine rings is 1. The first-order valence-electron chi connectivity index (χ1n) is 9.72. The lowest BCUT2D eigenvalue weighted by Gasteiger charge is -2.34. The summed E-state index contributed by atoms with van der Waals surface area (Å²) in [6, 6.07) is 15.8. The second kappa shape index (κ2) is 9.10. The summed E-state index contributed by atoms with van der Waals surface area (Å²) in [6.45, 7) is 1.30. The molecule has 2 N–H and O–H groups in total. The molecule has 0 amide bonds. The van der Waals surface area contributed by atoms with Crippen molar-refractivity contribution in [2.45, 2.75) is 44.1 Å². The summed E-state index contributed by atoms with van der Waals surface area (Å²) < 4.78 is 11.6. The summed E-state index contributed by atoms with van der Waals surface area (Å²) in [4.78, 5) is 4.11. The van der Waals surface area contributed by atoms with Gasteiger partial charge in [0, 0.05) is 43.5 Å². The first kappa shape index (κ1) is 18.8. The topological polar surface area (TPSA) is 80.4 Å². The maximum Gasteiger partial charge on any atom is 0.167 e. The van der Waals surface area contributed by atoms with Gasteiger partial charge >= 0.3 is 0 Å². The molecule has 4 rings (SSSR count). The minimum Gasteiger partial charge on any atom is -0.390 e. The number of ether oxygens (including phenoxy) is 1. The molecule has 0 unspecified atom stereocenters. The van der Waals surface area contributed by atoms with Crippen molar-refractivity contribution in [3.05, 3.63) is 72.2 Å². The summed E-state index contributed by atoms with van der Waals surface area (Å²) in [5.41, 5.74) is 3.00. The third-order valence-electron chi connectivity index (χ3n) is 5.03. The van der Waals surface area contributed by atoms with Crippen LogP contribution in [0.1, 0.15) is 24.1 Å². The Kier molecular flexibility index (Phi) is 6.11. The van der Waals surface area contributed by atoms with Gasteiger partial charge in [-0.25, -0.2) is 0 Å². The molecule has 28 heavy (non-hydrogen) atoms. The maximum absolute atomic E-state index is 10.3. The van der Waals surface area contributed by atoms with Crippen LogP contribution in [0.2, 0.25) is 0 Å². The molecule has 6 nitrogen and oxygen atoms in total. The number of aromatic nitrogens is 2. The van der Waals surface area contributed by atoms with Gasteiger partial charge in [0.05, 0.1) is 24.0 Å². The van der Waals surface area contributed by atoms with Crippen molar-refractivity contribution in [3.8, 4) is 11.3 Å². The van der Waals surface area contributed by atoms with E-state index in [1.54, 1.807) is 6.20 Å². The van der Waals surface area contributed by atoms with Crippen LogP contribution in [0.15, 0.2) is 65.4 Å². The molecule has 3 aromatic rings. The molecule has 0 saturated carbocycles. The Bertz CT molecular complexity index is 854. The van der Waals surface area contributed by atoms with E-state index in [1.807, 2.05) is 54.7 Å². The van der Waals surface area contributed by atoms with Gasteiger partial charge in [-0.1, -0.05) is 41.6 Å². The summed E-state index contributed by atoms with van der Waals surface area (Å²) in [5, 5.41) is 17.8. The lowest BCUT2D eigenvalue weighted by Crippen LogP contribution is -2.45. The molecular formula is C22H25N3O3. The summed E-state index contributed by atoms with van der Waals surface area (Å²) in [7, 11) is 0. The van der Waals surface area contributed by atoms with Crippen LogP contribution in [-0.4, -0.2) is 40.1 Å². The van der Waals surface area contributed by atoms with Crippen LogP contribution >= 0.6 is 0 Å². The van der Waals surface area contributed by atoms with Gasteiger partial charge in [0.15, 0.2) is 5.76 Å². The molecule has 1 fully saturated rings. The first-order chi connectivity index (χ1) is 13.8. The number of hydrogen-bond acceptors (Lipinski definition) is 6. The highest BCUT2D eigenvalue weighted by molar-refractivity contribution is 5.56. The standard InChI is InChI=1S/C22H25N3O3/c26-20-9-8-19(27-22(20)15-24-14-16-5-4-10-23-13-16)11-18-12-21(28-25-18)17-6-2-1-3-7-17/h1-7,10,12-13,19-20,22,24,26H,8-9,11,14-15H2/t19-,20-,22+/m0/s1. The monoisotopic (exact) mass is 379 g/mol. The fourth-order valence-corrected chi connectivity index (χ4v) is 3.52. The van der Waals surface area contributed by atoms with Crippen LogP contribution in [0, 0.1) is 0 Å². The minimum absolute atomic E-state index is 0.0299. The Morgan fingerprint density at radius 2 is 2.00 bits per heavy atom. The van der Waals surface area contributed by atoms with Crippen molar-refractivity contribution in [2.24, 2.45) is 0 Å². The highest BCUT2D eigenvalue weighted by Gasteiger charge is 2.30. The predicted octanol–water partition coefficient (Wildman–Crippen LogP) is 2.98. The summed E-state index contributed by atoms with van der Waals surface area (Å²) >= 11 is 0. The van der Waals surface area contributed by atoms with Crippen LogP contribution in [0.5, 0.6) is 0 Å². The lowest BCUT2D eigenvalue weighted by molar-refractivity contribution is -0.115. The van der Waals surface area contributed by atoms with Crippen LogP contribution < -0.4 is 5.32 Å². The molecular weight excluding hydrogens is 354 g/mol. The Balaban J connectivity index is 1.30. The molecule has 2 aromatic heterocycles. The second-order valence-corrected chi connectivity index (χ2v) is 7.19. The molecule has 1 aromatic carbocycles. The SMILES string of the molecule is O[C@H]1CC[C@@H](Cc2cc(-c3ccccc3)on2)O[C@@H]1CNCc1cccnc1. The molecule has 6 heteroatoms. The van der Waals surface area contributed by atoms with Crippen molar-refractivity contribution in [1.29, 1.82) is 0 Å². The number of nitrogens with zero attached hydrogens (tertiary/aromatic N) is 2. The van der Waals surface area contributed by atoms with Crippen molar-refractivity contribution < 1.29 is 14.4 Å². The number of benzene rings is 1. The molecule has 0 spiro atoms. The maximum atomic E-state index is 10.3. The summed E-state index contributed by atoms with van der Waals surface area (Å²) in [5.74, 6) is 0.765. The van der Waals surface area contributed by atoms with Crippen LogP contribution in [0.4, 0.5) is 0 Å². The predicted molar refractivity (Wildman–Crippen MR) is 105 cm³/mol. The normalized spacial score (nSPS) is 22.2. The molecule has 3 heterocycles. The number of aliphatic hydroxyl groups is 1. The van der Waals surface area contributed by atoms with E-state index in [0.717, 1.165) is 35.4 Å². The zero-order chi connectivity index (χ0) is 19.2. The van der Waals surface area contributed by atoms with E-state index >= 15 is 0 Å². The van der Waals surface area contributed by atoms with Gasteiger partial charge in [-0.2, -0.15) is 0 Å². The van der Waals surface area contributed by atoms with Gasteiger partial charge in [-0.3, -0.25) is 4.98 Å². The van der Waals surface area contributed by atoms with Gasteiger partial charge in [-0.05, 0) is 24.5 Å². The molecule has 1 saturated heterocycles. The van der Waals surface area contributed by atoms with Gasteiger partial charge < -0.3 is 19.7 Å². The van der Waals surface area contributed by atoms with E-state index in [0.29, 0.717) is 19.5 Å².